The van der Waals surface area contributed by atoms with E-state index in [1.54, 1.807) is 12.1 Å². The predicted molar refractivity (Wildman–Crippen MR) is 99.3 cm³/mol. The molecule has 0 spiro atoms. The third-order valence-corrected chi connectivity index (χ3v) is 5.33. The van der Waals surface area contributed by atoms with Crippen molar-refractivity contribution < 1.29 is 13.9 Å². The molecule has 2 heterocycles. The molecule has 2 saturated heterocycles. The third-order valence-electron chi connectivity index (χ3n) is 5.33. The number of morpholine rings is 1. The summed E-state index contributed by atoms with van der Waals surface area (Å²) in [7, 11) is 0. The summed E-state index contributed by atoms with van der Waals surface area (Å²) in [5, 5.41) is 3.41. The number of hydrogen-bond donors (Lipinski definition) is 1. The lowest BCUT2D eigenvalue weighted by Crippen LogP contribution is -2.40. The summed E-state index contributed by atoms with van der Waals surface area (Å²) in [6.45, 7) is 7.17. The quantitative estimate of drug-likeness (QED) is 0.682. The molecule has 144 valence electrons. The van der Waals surface area contributed by atoms with Gasteiger partial charge in [-0.05, 0) is 43.5 Å². The average molecular weight is 363 g/mol. The van der Waals surface area contributed by atoms with Crippen molar-refractivity contribution in [1.82, 2.24) is 15.1 Å². The van der Waals surface area contributed by atoms with Crippen LogP contribution in [0.2, 0.25) is 0 Å². The van der Waals surface area contributed by atoms with Crippen LogP contribution >= 0.6 is 0 Å². The number of halogens is 1. The first-order valence-electron chi connectivity index (χ1n) is 9.77. The topological polar surface area (TPSA) is 44.8 Å². The van der Waals surface area contributed by atoms with Gasteiger partial charge in [-0.3, -0.25) is 9.69 Å². The van der Waals surface area contributed by atoms with Gasteiger partial charge < -0.3 is 15.0 Å². The van der Waals surface area contributed by atoms with E-state index in [0.29, 0.717) is 18.4 Å². The van der Waals surface area contributed by atoms with Gasteiger partial charge in [0, 0.05) is 45.2 Å². The van der Waals surface area contributed by atoms with Crippen molar-refractivity contribution in [2.75, 3.05) is 45.9 Å². The summed E-state index contributed by atoms with van der Waals surface area (Å²) in [6, 6.07) is 6.94. The minimum absolute atomic E-state index is 0.203. The van der Waals surface area contributed by atoms with Gasteiger partial charge in [0.2, 0.25) is 5.91 Å². The van der Waals surface area contributed by atoms with Gasteiger partial charge in [-0.15, -0.1) is 0 Å². The highest BCUT2D eigenvalue weighted by Crippen LogP contribution is 2.21. The molecule has 1 amide bonds. The fraction of sp³-hybridized carbons (Fsp3) is 0.650. The SMILES string of the molecule is O=C1CC[C@@H](CCNCc2ccc(F)cc2)N1CCCN1CCOCC1. The van der Waals surface area contributed by atoms with Gasteiger partial charge in [-0.1, -0.05) is 12.1 Å². The number of nitrogens with zero attached hydrogens (tertiary/aromatic N) is 2. The zero-order chi connectivity index (χ0) is 18.2. The van der Waals surface area contributed by atoms with E-state index in [4.69, 9.17) is 4.74 Å². The minimum atomic E-state index is -0.203. The summed E-state index contributed by atoms with van der Waals surface area (Å²) in [5.41, 5.74) is 1.08. The van der Waals surface area contributed by atoms with Gasteiger partial charge in [-0.25, -0.2) is 4.39 Å². The van der Waals surface area contributed by atoms with Crippen LogP contribution in [0.1, 0.15) is 31.2 Å². The fourth-order valence-corrected chi connectivity index (χ4v) is 3.79. The number of hydrogen-bond acceptors (Lipinski definition) is 4. The Bertz CT molecular complexity index is 561. The van der Waals surface area contributed by atoms with E-state index < -0.39 is 0 Å². The molecule has 0 unspecified atom stereocenters. The number of ether oxygens (including phenoxy) is 1. The average Bonchev–Trinajstić information content (AvgIpc) is 3.01. The molecule has 5 nitrogen and oxygen atoms in total. The Morgan fingerprint density at radius 3 is 2.69 bits per heavy atom. The molecule has 2 aliphatic heterocycles. The van der Waals surface area contributed by atoms with Crippen molar-refractivity contribution in [3.8, 4) is 0 Å². The first kappa shape index (κ1) is 19.3. The third kappa shape index (κ3) is 5.76. The van der Waals surface area contributed by atoms with Crippen molar-refractivity contribution in [1.29, 1.82) is 0 Å². The Morgan fingerprint density at radius 1 is 1.15 bits per heavy atom. The molecule has 1 N–H and O–H groups in total. The second-order valence-corrected chi connectivity index (χ2v) is 7.18. The molecule has 26 heavy (non-hydrogen) atoms. The number of carbonyl (C=O) groups is 1. The Hall–Kier alpha value is -1.50. The lowest BCUT2D eigenvalue weighted by molar-refractivity contribution is -0.129. The van der Waals surface area contributed by atoms with E-state index in [1.807, 2.05) is 0 Å². The van der Waals surface area contributed by atoms with Crippen LogP contribution in [-0.2, 0) is 16.1 Å². The van der Waals surface area contributed by atoms with Crippen LogP contribution in [0.25, 0.3) is 0 Å². The van der Waals surface area contributed by atoms with Gasteiger partial charge >= 0.3 is 0 Å². The molecule has 2 fully saturated rings. The standard InChI is InChI=1S/C20H30FN3O2/c21-18-4-2-17(3-5-18)16-22-9-8-19-6-7-20(25)24(19)11-1-10-23-12-14-26-15-13-23/h2-5,19,22H,1,6-16H2/t19-/m0/s1. The van der Waals surface area contributed by atoms with Crippen LogP contribution in [0, 0.1) is 5.82 Å². The molecule has 0 aliphatic carbocycles. The van der Waals surface area contributed by atoms with Crippen LogP contribution in [0.3, 0.4) is 0 Å². The van der Waals surface area contributed by atoms with Crippen LogP contribution in [0.4, 0.5) is 4.39 Å². The zero-order valence-corrected chi connectivity index (χ0v) is 15.5. The number of amides is 1. The van der Waals surface area contributed by atoms with Crippen molar-refractivity contribution >= 4 is 5.91 Å². The van der Waals surface area contributed by atoms with Gasteiger partial charge in [0.1, 0.15) is 5.82 Å². The molecule has 0 saturated carbocycles. The van der Waals surface area contributed by atoms with Gasteiger partial charge in [0.15, 0.2) is 0 Å². The summed E-state index contributed by atoms with van der Waals surface area (Å²) < 4.78 is 18.3. The summed E-state index contributed by atoms with van der Waals surface area (Å²) in [4.78, 5) is 16.7. The van der Waals surface area contributed by atoms with E-state index in [0.717, 1.165) is 77.3 Å². The fourth-order valence-electron chi connectivity index (χ4n) is 3.79. The van der Waals surface area contributed by atoms with E-state index in [9.17, 15) is 9.18 Å². The monoisotopic (exact) mass is 363 g/mol. The molecule has 1 atom stereocenters. The van der Waals surface area contributed by atoms with Gasteiger partial charge in [0.05, 0.1) is 13.2 Å². The van der Waals surface area contributed by atoms with Crippen LogP contribution in [0.5, 0.6) is 0 Å². The first-order chi connectivity index (χ1) is 12.7. The predicted octanol–water partition coefficient (Wildman–Crippen LogP) is 2.02. The molecule has 3 rings (SSSR count). The Kier molecular flexibility index (Phi) is 7.41. The van der Waals surface area contributed by atoms with Crippen molar-refractivity contribution in [2.24, 2.45) is 0 Å². The lowest BCUT2D eigenvalue weighted by Gasteiger charge is -2.29. The zero-order valence-electron chi connectivity index (χ0n) is 15.5. The Labute approximate surface area is 155 Å². The molecule has 1 aromatic carbocycles. The van der Waals surface area contributed by atoms with Crippen LogP contribution in [0.15, 0.2) is 24.3 Å². The van der Waals surface area contributed by atoms with Gasteiger partial charge in [-0.2, -0.15) is 0 Å². The molecular weight excluding hydrogens is 333 g/mol. The summed E-state index contributed by atoms with van der Waals surface area (Å²) >= 11 is 0. The number of carbonyl (C=O) groups excluding carboxylic acids is 1. The lowest BCUT2D eigenvalue weighted by atomic mass is 10.1. The highest BCUT2D eigenvalue weighted by molar-refractivity contribution is 5.78. The summed E-state index contributed by atoms with van der Waals surface area (Å²) in [5.74, 6) is 0.0986. The molecule has 0 bridgehead atoms. The van der Waals surface area contributed by atoms with E-state index in [-0.39, 0.29) is 5.82 Å². The molecular formula is C20H30FN3O2. The largest absolute Gasteiger partial charge is 0.379 e. The van der Waals surface area contributed by atoms with Crippen molar-refractivity contribution in [3.63, 3.8) is 0 Å². The normalized spacial score (nSPS) is 21.5. The Morgan fingerprint density at radius 2 is 1.92 bits per heavy atom. The number of nitrogens with one attached hydrogen (secondary N) is 1. The van der Waals surface area contributed by atoms with E-state index in [2.05, 4.69) is 15.1 Å². The molecule has 0 aromatic heterocycles. The highest BCUT2D eigenvalue weighted by Gasteiger charge is 2.29. The molecule has 6 heteroatoms. The molecule has 1 aromatic rings. The number of benzene rings is 1. The second kappa shape index (κ2) is 10.00. The van der Waals surface area contributed by atoms with Gasteiger partial charge in [0.25, 0.3) is 0 Å². The number of rotatable bonds is 9. The Balaban J connectivity index is 1.34. The van der Waals surface area contributed by atoms with E-state index in [1.165, 1.54) is 12.1 Å². The molecule has 0 radical (unpaired) electrons. The van der Waals surface area contributed by atoms with Crippen molar-refractivity contribution in [2.45, 2.75) is 38.3 Å². The van der Waals surface area contributed by atoms with Crippen LogP contribution < -0.4 is 5.32 Å². The first-order valence-corrected chi connectivity index (χ1v) is 9.77. The highest BCUT2D eigenvalue weighted by atomic mass is 19.1. The smallest absolute Gasteiger partial charge is 0.222 e. The number of likely N-dealkylation sites (tertiary alicyclic amines) is 1. The maximum Gasteiger partial charge on any atom is 0.222 e. The summed E-state index contributed by atoms with van der Waals surface area (Å²) in [6.07, 6.45) is 3.66. The minimum Gasteiger partial charge on any atom is -0.379 e. The van der Waals surface area contributed by atoms with E-state index >= 15 is 0 Å². The molecule has 2 aliphatic rings. The maximum absolute atomic E-state index is 12.9. The maximum atomic E-state index is 12.9. The van der Waals surface area contributed by atoms with Crippen LogP contribution in [-0.4, -0.2) is 67.7 Å². The van der Waals surface area contributed by atoms with Crippen molar-refractivity contribution in [3.05, 3.63) is 35.6 Å². The second-order valence-electron chi connectivity index (χ2n) is 7.18.